The van der Waals surface area contributed by atoms with Gasteiger partial charge in [-0.15, -0.1) is 0 Å². The molecule has 0 aromatic heterocycles. The minimum Gasteiger partial charge on any atom is -0.422 e. The molecule has 0 rings (SSSR count). The maximum absolute atomic E-state index is 5.93. The molecule has 0 aromatic rings. The molecule has 19 heavy (non-hydrogen) atoms. The van der Waals surface area contributed by atoms with Crippen molar-refractivity contribution in [3.8, 4) is 0 Å². The van der Waals surface area contributed by atoms with E-state index in [4.69, 9.17) is 4.43 Å². The molecule has 0 unspecified atom stereocenters. The molecule has 4 nitrogen and oxygen atoms in total. The van der Waals surface area contributed by atoms with Gasteiger partial charge in [-0.25, -0.2) is 0 Å². The number of hydrogen-bond acceptors (Lipinski definition) is 4. The molecule has 116 valence electrons. The first-order chi connectivity index (χ1) is 8.67. The molecule has 0 aliphatic heterocycles. The molecule has 0 aliphatic rings. The zero-order chi connectivity index (χ0) is 15.1. The van der Waals surface area contributed by atoms with Crippen molar-refractivity contribution in [2.24, 2.45) is 5.41 Å². The lowest BCUT2D eigenvalue weighted by Gasteiger charge is -2.40. The fourth-order valence-electron chi connectivity index (χ4n) is 2.91. The van der Waals surface area contributed by atoms with Gasteiger partial charge >= 0.3 is 0 Å². The minimum absolute atomic E-state index is 0.317. The van der Waals surface area contributed by atoms with Crippen LogP contribution in [0.5, 0.6) is 0 Å². The van der Waals surface area contributed by atoms with E-state index in [0.717, 1.165) is 19.6 Å². The Morgan fingerprint density at radius 3 is 1.47 bits per heavy atom. The van der Waals surface area contributed by atoms with Crippen LogP contribution in [0.25, 0.3) is 0 Å². The van der Waals surface area contributed by atoms with Crippen LogP contribution in [-0.4, -0.2) is 92.5 Å². The molecule has 0 N–H and O–H groups in total. The molecule has 0 radical (unpaired) electrons. The Morgan fingerprint density at radius 1 is 0.842 bits per heavy atom. The highest BCUT2D eigenvalue weighted by molar-refractivity contribution is 6.27. The van der Waals surface area contributed by atoms with Crippen molar-refractivity contribution in [3.05, 3.63) is 0 Å². The van der Waals surface area contributed by atoms with Crippen molar-refractivity contribution >= 4 is 9.76 Å². The van der Waals surface area contributed by atoms with E-state index < -0.39 is 9.76 Å². The molecule has 0 spiro atoms. The molecule has 0 aliphatic carbocycles. The predicted molar refractivity (Wildman–Crippen MR) is 87.7 cm³/mol. The summed E-state index contributed by atoms with van der Waals surface area (Å²) in [7, 11) is 12.6. The van der Waals surface area contributed by atoms with E-state index in [2.05, 4.69) is 70.8 Å². The molecule has 0 bridgehead atoms. The standard InChI is InChI=1S/C14H35N3OSi/c1-13(2)18-19-12-14(9-15(3)4,10-16(5)6)11-17(7)8/h13H,9-12,19H2,1-8H3. The lowest BCUT2D eigenvalue weighted by atomic mass is 9.88. The third kappa shape index (κ3) is 9.57. The Morgan fingerprint density at radius 2 is 1.21 bits per heavy atom. The van der Waals surface area contributed by atoms with Crippen molar-refractivity contribution in [3.63, 3.8) is 0 Å². The Bertz CT molecular complexity index is 206. The minimum atomic E-state index is -0.449. The zero-order valence-corrected chi connectivity index (χ0v) is 15.8. The predicted octanol–water partition coefficient (Wildman–Crippen LogP) is 0.585. The van der Waals surface area contributed by atoms with Gasteiger partial charge in [-0.2, -0.15) is 0 Å². The maximum Gasteiger partial charge on any atom is 0.162 e. The van der Waals surface area contributed by atoms with E-state index in [1.54, 1.807) is 0 Å². The van der Waals surface area contributed by atoms with Gasteiger partial charge in [-0.05, 0) is 62.2 Å². The van der Waals surface area contributed by atoms with Crippen molar-refractivity contribution in [2.75, 3.05) is 61.9 Å². The summed E-state index contributed by atoms with van der Waals surface area (Å²) in [5.41, 5.74) is 0.317. The Kier molecular flexibility index (Phi) is 9.10. The second-order valence-corrected chi connectivity index (χ2v) is 8.12. The van der Waals surface area contributed by atoms with Gasteiger partial charge in [0, 0.05) is 31.2 Å². The summed E-state index contributed by atoms with van der Waals surface area (Å²) in [5, 5.41) is 0. The summed E-state index contributed by atoms with van der Waals surface area (Å²) >= 11 is 0. The zero-order valence-electron chi connectivity index (χ0n) is 14.4. The largest absolute Gasteiger partial charge is 0.422 e. The van der Waals surface area contributed by atoms with Gasteiger partial charge in [0.1, 0.15) is 0 Å². The van der Waals surface area contributed by atoms with Gasteiger partial charge in [-0.1, -0.05) is 0 Å². The van der Waals surface area contributed by atoms with Crippen LogP contribution in [0.1, 0.15) is 13.8 Å². The summed E-state index contributed by atoms with van der Waals surface area (Å²) in [6.45, 7) is 7.64. The Hall–Kier alpha value is 0.0569. The number of rotatable bonds is 10. The van der Waals surface area contributed by atoms with Gasteiger partial charge < -0.3 is 19.1 Å². The Balaban J connectivity index is 4.77. The van der Waals surface area contributed by atoms with Gasteiger partial charge in [0.25, 0.3) is 0 Å². The third-order valence-electron chi connectivity index (χ3n) is 3.04. The lowest BCUT2D eigenvalue weighted by Crippen LogP contribution is -2.48. The lowest BCUT2D eigenvalue weighted by molar-refractivity contribution is 0.118. The summed E-state index contributed by atoms with van der Waals surface area (Å²) in [5.74, 6) is 0. The third-order valence-corrected chi connectivity index (χ3v) is 5.21. The molecular weight excluding hydrogens is 254 g/mol. The van der Waals surface area contributed by atoms with Crippen molar-refractivity contribution in [2.45, 2.75) is 26.0 Å². The summed E-state index contributed by atoms with van der Waals surface area (Å²) in [6, 6.07) is 1.24. The van der Waals surface area contributed by atoms with Crippen LogP contribution in [0.15, 0.2) is 0 Å². The average Bonchev–Trinajstić information content (AvgIpc) is 2.12. The van der Waals surface area contributed by atoms with Crippen molar-refractivity contribution < 1.29 is 4.43 Å². The highest BCUT2D eigenvalue weighted by Crippen LogP contribution is 2.26. The van der Waals surface area contributed by atoms with Crippen LogP contribution in [-0.2, 0) is 4.43 Å². The topological polar surface area (TPSA) is 19.0 Å². The van der Waals surface area contributed by atoms with Crippen LogP contribution < -0.4 is 0 Å². The SMILES string of the molecule is CC(C)O[SiH2]CC(CN(C)C)(CN(C)C)CN(C)C. The van der Waals surface area contributed by atoms with E-state index in [0.29, 0.717) is 11.5 Å². The van der Waals surface area contributed by atoms with E-state index in [1.165, 1.54) is 6.04 Å². The van der Waals surface area contributed by atoms with Gasteiger partial charge in [0.2, 0.25) is 0 Å². The van der Waals surface area contributed by atoms with Crippen LogP contribution in [0.2, 0.25) is 6.04 Å². The number of nitrogens with zero attached hydrogens (tertiary/aromatic N) is 3. The summed E-state index contributed by atoms with van der Waals surface area (Å²) in [6.07, 6.45) is 0.377. The molecule has 0 fully saturated rings. The second kappa shape index (κ2) is 9.08. The smallest absolute Gasteiger partial charge is 0.162 e. The normalized spacial score (nSPS) is 13.9. The van der Waals surface area contributed by atoms with Crippen LogP contribution in [0.3, 0.4) is 0 Å². The van der Waals surface area contributed by atoms with Crippen molar-refractivity contribution in [1.82, 2.24) is 14.7 Å². The second-order valence-electron chi connectivity index (χ2n) is 6.88. The van der Waals surface area contributed by atoms with Crippen molar-refractivity contribution in [1.29, 1.82) is 0 Å². The molecule has 5 heteroatoms. The van der Waals surface area contributed by atoms with Gasteiger partial charge in [0.05, 0.1) is 0 Å². The fourth-order valence-corrected chi connectivity index (χ4v) is 4.41. The van der Waals surface area contributed by atoms with E-state index in [9.17, 15) is 0 Å². The van der Waals surface area contributed by atoms with E-state index in [1.807, 2.05) is 0 Å². The first-order valence-electron chi connectivity index (χ1n) is 7.23. The van der Waals surface area contributed by atoms with Gasteiger partial charge in [0.15, 0.2) is 9.76 Å². The molecular formula is C14H35N3OSi. The molecule has 0 saturated heterocycles. The quantitative estimate of drug-likeness (QED) is 0.548. The van der Waals surface area contributed by atoms with E-state index in [-0.39, 0.29) is 0 Å². The fraction of sp³-hybridized carbons (Fsp3) is 1.00. The van der Waals surface area contributed by atoms with E-state index >= 15 is 0 Å². The molecule has 0 atom stereocenters. The highest BCUT2D eigenvalue weighted by atomic mass is 28.2. The summed E-state index contributed by atoms with van der Waals surface area (Å²) < 4.78 is 5.93. The van der Waals surface area contributed by atoms with Crippen LogP contribution >= 0.6 is 0 Å². The maximum atomic E-state index is 5.93. The highest BCUT2D eigenvalue weighted by Gasteiger charge is 2.32. The number of hydrogen-bond donors (Lipinski definition) is 0. The molecule has 0 saturated carbocycles. The average molecular weight is 290 g/mol. The molecule has 0 aromatic carbocycles. The summed E-state index contributed by atoms with van der Waals surface area (Å²) in [4.78, 5) is 6.95. The Labute approximate surface area is 123 Å². The first kappa shape index (κ1) is 19.1. The van der Waals surface area contributed by atoms with Crippen LogP contribution in [0.4, 0.5) is 0 Å². The first-order valence-corrected chi connectivity index (χ1v) is 8.80. The monoisotopic (exact) mass is 289 g/mol. The molecule has 0 heterocycles. The van der Waals surface area contributed by atoms with Gasteiger partial charge in [-0.3, -0.25) is 0 Å². The molecule has 0 amide bonds. The van der Waals surface area contributed by atoms with Crippen LogP contribution in [0, 0.1) is 5.41 Å².